The maximum Gasteiger partial charge on any atom is 0.255 e. The van der Waals surface area contributed by atoms with Gasteiger partial charge in [0.1, 0.15) is 11.2 Å². The zero-order chi connectivity index (χ0) is 21.3. The third kappa shape index (κ3) is 4.01. The smallest absolute Gasteiger partial charge is 0.255 e. The number of halogens is 1. The Labute approximate surface area is 179 Å². The molecule has 1 saturated carbocycles. The molecule has 4 rings (SSSR count). The summed E-state index contributed by atoms with van der Waals surface area (Å²) in [5, 5.41) is 15.3. The normalized spacial score (nSPS) is 18.9. The topological polar surface area (TPSA) is 133 Å². The number of aromatic amines is 1. The van der Waals surface area contributed by atoms with Gasteiger partial charge in [-0.05, 0) is 43.9 Å². The van der Waals surface area contributed by atoms with E-state index in [0.717, 1.165) is 31.4 Å². The number of benzene rings is 1. The first kappa shape index (κ1) is 20.3. The van der Waals surface area contributed by atoms with E-state index in [-0.39, 0.29) is 23.7 Å². The van der Waals surface area contributed by atoms with Gasteiger partial charge in [-0.25, -0.2) is 9.97 Å². The van der Waals surface area contributed by atoms with Crippen LogP contribution >= 0.6 is 11.6 Å². The monoisotopic (exact) mass is 425 g/mol. The molecule has 8 nitrogen and oxygen atoms in total. The minimum absolute atomic E-state index is 0.0629. The molecule has 0 spiro atoms. The quantitative estimate of drug-likeness (QED) is 0.400. The van der Waals surface area contributed by atoms with E-state index in [1.807, 2.05) is 0 Å². The number of carbonyl (C=O) groups is 1. The molecule has 1 amide bonds. The highest BCUT2D eigenvalue weighted by atomic mass is 35.5. The van der Waals surface area contributed by atoms with Gasteiger partial charge in [-0.3, -0.25) is 10.2 Å². The molecule has 1 fully saturated rings. The van der Waals surface area contributed by atoms with Gasteiger partial charge in [0, 0.05) is 41.6 Å². The third-order valence-corrected chi connectivity index (χ3v) is 5.69. The van der Waals surface area contributed by atoms with Crippen molar-refractivity contribution < 1.29 is 4.79 Å². The maximum atomic E-state index is 12.9. The number of carbonyl (C=O) groups excluding carboxylic acids is 1. The van der Waals surface area contributed by atoms with Crippen LogP contribution in [0.2, 0.25) is 5.02 Å². The molecule has 2 atom stereocenters. The molecule has 1 aromatic carbocycles. The molecule has 30 heavy (non-hydrogen) atoms. The third-order valence-electron chi connectivity index (χ3n) is 5.45. The van der Waals surface area contributed by atoms with Crippen molar-refractivity contribution in [2.24, 2.45) is 5.73 Å². The number of fused-ring (bicyclic) bond motifs is 1. The van der Waals surface area contributed by atoms with E-state index in [4.69, 9.17) is 22.7 Å². The fraction of sp³-hybridized carbons (Fsp3) is 0.333. The van der Waals surface area contributed by atoms with Crippen LogP contribution < -0.4 is 16.4 Å². The minimum Gasteiger partial charge on any atom is -0.388 e. The average molecular weight is 426 g/mol. The first-order chi connectivity index (χ1) is 14.5. The SMILES string of the molecule is CNc1cc(Cl)ccc1C(=N)c1cnc2[nH]cc(C(=O)NC3CCCC(N)C3)c2n1. The van der Waals surface area contributed by atoms with Gasteiger partial charge < -0.3 is 21.4 Å². The summed E-state index contributed by atoms with van der Waals surface area (Å²) < 4.78 is 0. The van der Waals surface area contributed by atoms with E-state index in [1.165, 1.54) is 6.20 Å². The molecular weight excluding hydrogens is 402 g/mol. The van der Waals surface area contributed by atoms with E-state index in [1.54, 1.807) is 31.4 Å². The van der Waals surface area contributed by atoms with Gasteiger partial charge in [-0.15, -0.1) is 0 Å². The second-order valence-corrected chi connectivity index (χ2v) is 8.00. The number of nitrogens with one attached hydrogen (secondary N) is 4. The standard InChI is InChI=1S/C21H24ClN7O/c1-25-16-7-11(22)5-6-14(16)18(24)17-10-27-20-19(29-17)15(9-26-20)21(30)28-13-4-2-3-12(23)8-13/h5-7,9-10,12-13,24-25H,2-4,8,23H2,1H3,(H,26,27)(H,28,30). The number of H-pyrrole nitrogens is 1. The summed E-state index contributed by atoms with van der Waals surface area (Å²) in [5.41, 5.74) is 9.31. The molecule has 0 bridgehead atoms. The Morgan fingerprint density at radius 2 is 2.17 bits per heavy atom. The van der Waals surface area contributed by atoms with Crippen LogP contribution in [0.1, 0.15) is 47.3 Å². The van der Waals surface area contributed by atoms with Gasteiger partial charge in [-0.1, -0.05) is 11.6 Å². The Balaban J connectivity index is 1.63. The van der Waals surface area contributed by atoms with Gasteiger partial charge in [0.25, 0.3) is 5.91 Å². The van der Waals surface area contributed by atoms with Gasteiger partial charge in [0.2, 0.25) is 0 Å². The number of rotatable bonds is 5. The zero-order valence-electron chi connectivity index (χ0n) is 16.6. The van der Waals surface area contributed by atoms with Gasteiger partial charge in [0.05, 0.1) is 17.5 Å². The zero-order valence-corrected chi connectivity index (χ0v) is 17.4. The van der Waals surface area contributed by atoms with Crippen molar-refractivity contribution in [2.45, 2.75) is 37.8 Å². The Bertz CT molecular complexity index is 1110. The number of hydrogen-bond acceptors (Lipinski definition) is 6. The maximum absolute atomic E-state index is 12.9. The lowest BCUT2D eigenvalue weighted by Gasteiger charge is -2.27. The Morgan fingerprint density at radius 3 is 2.93 bits per heavy atom. The fourth-order valence-corrected chi connectivity index (χ4v) is 4.06. The lowest BCUT2D eigenvalue weighted by atomic mass is 9.91. The highest BCUT2D eigenvalue weighted by Gasteiger charge is 2.23. The lowest BCUT2D eigenvalue weighted by molar-refractivity contribution is 0.0927. The number of amides is 1. The van der Waals surface area contributed by atoms with Crippen LogP contribution in [0.4, 0.5) is 5.69 Å². The summed E-state index contributed by atoms with van der Waals surface area (Å²) in [5.74, 6) is -0.208. The highest BCUT2D eigenvalue weighted by Crippen LogP contribution is 2.24. The van der Waals surface area contributed by atoms with Crippen molar-refractivity contribution in [3.63, 3.8) is 0 Å². The molecule has 0 aliphatic heterocycles. The van der Waals surface area contributed by atoms with Crippen molar-refractivity contribution in [1.82, 2.24) is 20.3 Å². The van der Waals surface area contributed by atoms with Crippen LogP contribution in [0.25, 0.3) is 11.2 Å². The molecule has 9 heteroatoms. The molecule has 2 unspecified atom stereocenters. The molecule has 1 aliphatic rings. The van der Waals surface area contributed by atoms with E-state index in [2.05, 4.69) is 25.6 Å². The van der Waals surface area contributed by atoms with Crippen molar-refractivity contribution in [3.05, 3.63) is 52.4 Å². The van der Waals surface area contributed by atoms with Crippen molar-refractivity contribution >= 4 is 40.1 Å². The number of aromatic nitrogens is 3. The van der Waals surface area contributed by atoms with Crippen molar-refractivity contribution in [1.29, 1.82) is 5.41 Å². The highest BCUT2D eigenvalue weighted by molar-refractivity contribution is 6.31. The van der Waals surface area contributed by atoms with Gasteiger partial charge in [-0.2, -0.15) is 0 Å². The molecule has 3 aromatic rings. The Hall–Kier alpha value is -2.97. The van der Waals surface area contributed by atoms with Crippen LogP contribution in [0.5, 0.6) is 0 Å². The van der Waals surface area contributed by atoms with E-state index < -0.39 is 0 Å². The van der Waals surface area contributed by atoms with Crippen molar-refractivity contribution in [2.75, 3.05) is 12.4 Å². The minimum atomic E-state index is -0.208. The molecular formula is C21H24ClN7O. The van der Waals surface area contributed by atoms with Crippen molar-refractivity contribution in [3.8, 4) is 0 Å². The molecule has 6 N–H and O–H groups in total. The number of nitrogens with two attached hydrogens (primary N) is 1. The Kier molecular flexibility index (Phi) is 5.69. The van der Waals surface area contributed by atoms with Crippen LogP contribution in [-0.4, -0.2) is 45.7 Å². The predicted molar refractivity (Wildman–Crippen MR) is 119 cm³/mol. The summed E-state index contributed by atoms with van der Waals surface area (Å²) in [6.07, 6.45) is 6.84. The summed E-state index contributed by atoms with van der Waals surface area (Å²) >= 11 is 6.06. The number of nitrogens with zero attached hydrogens (tertiary/aromatic N) is 2. The second kappa shape index (κ2) is 8.41. The average Bonchev–Trinajstić information content (AvgIpc) is 3.16. The van der Waals surface area contributed by atoms with Crippen LogP contribution in [0.3, 0.4) is 0 Å². The summed E-state index contributed by atoms with van der Waals surface area (Å²) in [6, 6.07) is 5.43. The van der Waals surface area contributed by atoms with Crippen LogP contribution in [0.15, 0.2) is 30.6 Å². The first-order valence-electron chi connectivity index (χ1n) is 9.93. The predicted octanol–water partition coefficient (Wildman–Crippen LogP) is 3.07. The van der Waals surface area contributed by atoms with Gasteiger partial charge >= 0.3 is 0 Å². The van der Waals surface area contributed by atoms with E-state index in [9.17, 15) is 4.79 Å². The molecule has 0 saturated heterocycles. The Morgan fingerprint density at radius 1 is 1.33 bits per heavy atom. The van der Waals surface area contributed by atoms with Crippen LogP contribution in [0, 0.1) is 5.41 Å². The summed E-state index contributed by atoms with van der Waals surface area (Å²) in [4.78, 5) is 24.8. The fourth-order valence-electron chi connectivity index (χ4n) is 3.89. The lowest BCUT2D eigenvalue weighted by Crippen LogP contribution is -2.42. The second-order valence-electron chi connectivity index (χ2n) is 7.57. The number of hydrogen-bond donors (Lipinski definition) is 5. The molecule has 2 heterocycles. The number of anilines is 1. The van der Waals surface area contributed by atoms with Crippen LogP contribution in [-0.2, 0) is 0 Å². The van der Waals surface area contributed by atoms with E-state index in [0.29, 0.717) is 33.0 Å². The molecule has 156 valence electrons. The largest absolute Gasteiger partial charge is 0.388 e. The molecule has 1 aliphatic carbocycles. The molecule has 2 aromatic heterocycles. The summed E-state index contributed by atoms with van der Waals surface area (Å²) in [7, 11) is 1.77. The first-order valence-corrected chi connectivity index (χ1v) is 10.3. The summed E-state index contributed by atoms with van der Waals surface area (Å²) in [6.45, 7) is 0. The van der Waals surface area contributed by atoms with Gasteiger partial charge in [0.15, 0.2) is 5.65 Å². The van der Waals surface area contributed by atoms with E-state index >= 15 is 0 Å². The molecule has 0 radical (unpaired) electrons.